The first-order valence-electron chi connectivity index (χ1n) is 14.5. The average molecular weight is 651 g/mol. The number of rotatable bonds is 7. The molecule has 240 valence electrons. The van der Waals surface area contributed by atoms with E-state index in [0.29, 0.717) is 28.0 Å². The highest BCUT2D eigenvalue weighted by Crippen LogP contribution is 2.42. The van der Waals surface area contributed by atoms with Gasteiger partial charge in [0.1, 0.15) is 40.9 Å². The van der Waals surface area contributed by atoms with Crippen molar-refractivity contribution in [3.63, 3.8) is 0 Å². The largest absolute Gasteiger partial charge is 0.484 e. The van der Waals surface area contributed by atoms with Gasteiger partial charge in [-0.2, -0.15) is 0 Å². The number of benzene rings is 2. The van der Waals surface area contributed by atoms with Crippen molar-refractivity contribution in [3.8, 4) is 17.0 Å². The Balaban J connectivity index is 1.14. The minimum Gasteiger partial charge on any atom is -0.484 e. The van der Waals surface area contributed by atoms with E-state index in [4.69, 9.17) is 14.2 Å². The van der Waals surface area contributed by atoms with Gasteiger partial charge in [-0.25, -0.2) is 9.18 Å². The first kappa shape index (κ1) is 31.1. The summed E-state index contributed by atoms with van der Waals surface area (Å²) < 4.78 is 30.3. The molecule has 6 rings (SSSR count). The summed E-state index contributed by atoms with van der Waals surface area (Å²) in [4.78, 5) is 55.2. The predicted octanol–water partition coefficient (Wildman–Crippen LogP) is 3.65. The second-order valence-electron chi connectivity index (χ2n) is 12.1. The Bertz CT molecular complexity index is 1860. The number of fused-ring (bicyclic) bond motifs is 6. The number of carbonyl (C=O) groups excluding carboxylic acids is 4. The van der Waals surface area contributed by atoms with Crippen LogP contribution in [0.2, 0.25) is 0 Å². The molecule has 14 heteroatoms. The zero-order valence-corrected chi connectivity index (χ0v) is 26.2. The first-order valence-corrected chi connectivity index (χ1v) is 15.5. The molecule has 0 saturated carbocycles. The van der Waals surface area contributed by atoms with Crippen LogP contribution in [-0.4, -0.2) is 80.5 Å². The molecule has 0 bridgehead atoms. The van der Waals surface area contributed by atoms with Gasteiger partial charge in [-0.3, -0.25) is 19.3 Å². The minimum absolute atomic E-state index is 0.0188. The summed E-state index contributed by atoms with van der Waals surface area (Å²) in [6, 6.07) is 8.64. The standard InChI is InChI=1S/C32H31FN4O8S/c1-15(38)43-12-16-14-46-30-27(29(40)37(30)28(16)31(41)45-32(2,3)4)35-25(39)13-44-18-6-7-19-21(10-18)24(36-42)11-22-20-9-17(33)5-8-23(20)34-26(19)22/h5-10,27,30,34,42H,11-14H2,1-4H3,(H,35,39)/b36-24-. The molecular weight excluding hydrogens is 619 g/mol. The number of nitrogens with zero attached hydrogens (tertiary/aromatic N) is 2. The van der Waals surface area contributed by atoms with Gasteiger partial charge < -0.3 is 29.7 Å². The number of carbonyl (C=O) groups is 4. The van der Waals surface area contributed by atoms with E-state index in [9.17, 15) is 28.8 Å². The molecule has 1 aromatic heterocycles. The quantitative estimate of drug-likeness (QED) is 0.150. The fraction of sp³-hybridized carbons (Fsp3) is 0.344. The summed E-state index contributed by atoms with van der Waals surface area (Å²) >= 11 is 1.33. The number of halogens is 1. The normalized spacial score (nSPS) is 19.6. The lowest BCUT2D eigenvalue weighted by molar-refractivity contribution is -0.159. The van der Waals surface area contributed by atoms with E-state index >= 15 is 0 Å². The third-order valence-corrected chi connectivity index (χ3v) is 9.02. The van der Waals surface area contributed by atoms with E-state index in [1.165, 1.54) is 35.7 Å². The van der Waals surface area contributed by atoms with Crippen molar-refractivity contribution in [2.45, 2.75) is 51.1 Å². The summed E-state index contributed by atoms with van der Waals surface area (Å²) in [5, 5.41) is 16.1. The second-order valence-corrected chi connectivity index (χ2v) is 13.2. The van der Waals surface area contributed by atoms with Crippen molar-refractivity contribution in [3.05, 3.63) is 64.6 Å². The van der Waals surface area contributed by atoms with Crippen LogP contribution in [0.5, 0.6) is 5.75 Å². The molecule has 1 fully saturated rings. The SMILES string of the molecule is CC(=O)OCC1=C(C(=O)OC(C)(C)C)N2C(=O)C(NC(=O)COc3ccc4c(c3)/C(=N\O)Cc3c-4[nH]c4ccc(F)cc34)C2SC1. The minimum atomic E-state index is -0.907. The molecule has 3 heterocycles. The molecule has 3 aromatic rings. The fourth-order valence-electron chi connectivity index (χ4n) is 5.72. The summed E-state index contributed by atoms with van der Waals surface area (Å²) in [5.74, 6) is -2.05. The number of amides is 2. The van der Waals surface area contributed by atoms with Gasteiger partial charge in [0.25, 0.3) is 11.8 Å². The van der Waals surface area contributed by atoms with Crippen LogP contribution in [0.25, 0.3) is 22.2 Å². The molecule has 3 N–H and O–H groups in total. The van der Waals surface area contributed by atoms with Gasteiger partial charge in [0.2, 0.25) is 0 Å². The zero-order valence-electron chi connectivity index (χ0n) is 25.4. The summed E-state index contributed by atoms with van der Waals surface area (Å²) in [6.07, 6.45) is 0.258. The van der Waals surface area contributed by atoms with Gasteiger partial charge in [-0.15, -0.1) is 11.8 Å². The highest BCUT2D eigenvalue weighted by atomic mass is 32.2. The van der Waals surface area contributed by atoms with Crippen molar-refractivity contribution in [2.75, 3.05) is 19.0 Å². The number of aromatic amines is 1. The van der Waals surface area contributed by atoms with E-state index in [1.807, 2.05) is 0 Å². The number of β-lactam (4-membered cyclic amide) rings is 1. The van der Waals surface area contributed by atoms with Gasteiger partial charge in [0, 0.05) is 46.7 Å². The number of aromatic nitrogens is 1. The second kappa shape index (κ2) is 11.8. The molecule has 1 saturated heterocycles. The van der Waals surface area contributed by atoms with Crippen molar-refractivity contribution >= 4 is 52.1 Å². The van der Waals surface area contributed by atoms with Crippen LogP contribution in [-0.2, 0) is 35.1 Å². The van der Waals surface area contributed by atoms with Gasteiger partial charge in [-0.1, -0.05) is 5.16 Å². The van der Waals surface area contributed by atoms with Crippen LogP contribution < -0.4 is 10.1 Å². The molecule has 3 aliphatic rings. The molecule has 2 atom stereocenters. The number of thioether (sulfide) groups is 1. The number of oxime groups is 1. The van der Waals surface area contributed by atoms with Crippen molar-refractivity contribution in [1.82, 2.24) is 15.2 Å². The maximum absolute atomic E-state index is 13.9. The Kier molecular flexibility index (Phi) is 8.00. The van der Waals surface area contributed by atoms with E-state index in [1.54, 1.807) is 45.0 Å². The van der Waals surface area contributed by atoms with Crippen molar-refractivity contribution in [1.29, 1.82) is 0 Å². The van der Waals surface area contributed by atoms with Gasteiger partial charge in [-0.05, 0) is 62.7 Å². The molecule has 0 spiro atoms. The molecule has 12 nitrogen and oxygen atoms in total. The fourth-order valence-corrected chi connectivity index (χ4v) is 7.04. The van der Waals surface area contributed by atoms with Crippen molar-refractivity contribution < 1.29 is 43.0 Å². The highest BCUT2D eigenvalue weighted by molar-refractivity contribution is 8.00. The third kappa shape index (κ3) is 5.80. The van der Waals surface area contributed by atoms with Gasteiger partial charge in [0.15, 0.2) is 6.61 Å². The van der Waals surface area contributed by atoms with E-state index in [2.05, 4.69) is 15.5 Å². The summed E-state index contributed by atoms with van der Waals surface area (Å²) in [6.45, 7) is 5.79. The lowest BCUT2D eigenvalue weighted by Gasteiger charge is -2.49. The highest BCUT2D eigenvalue weighted by Gasteiger charge is 2.54. The lowest BCUT2D eigenvalue weighted by atomic mass is 9.87. The Morgan fingerprint density at radius 2 is 1.96 bits per heavy atom. The number of hydrogen-bond donors (Lipinski definition) is 3. The van der Waals surface area contributed by atoms with E-state index in [-0.39, 0.29) is 30.3 Å². The molecule has 2 aliphatic heterocycles. The smallest absolute Gasteiger partial charge is 0.355 e. The van der Waals surface area contributed by atoms with Gasteiger partial charge in [0.05, 0.1) is 11.4 Å². The number of hydrogen-bond acceptors (Lipinski definition) is 10. The average Bonchev–Trinajstić information content (AvgIpc) is 3.37. The molecule has 2 aromatic carbocycles. The maximum Gasteiger partial charge on any atom is 0.355 e. The summed E-state index contributed by atoms with van der Waals surface area (Å²) in [5.41, 5.74) is 3.66. The van der Waals surface area contributed by atoms with Crippen LogP contribution in [0.4, 0.5) is 4.39 Å². The monoisotopic (exact) mass is 650 g/mol. The van der Waals surface area contributed by atoms with E-state index < -0.39 is 47.4 Å². The molecular formula is C32H31FN4O8S. The van der Waals surface area contributed by atoms with E-state index in [0.717, 1.165) is 22.3 Å². The van der Waals surface area contributed by atoms with Crippen LogP contribution in [0.1, 0.15) is 38.8 Å². The molecule has 2 unspecified atom stereocenters. The van der Waals surface area contributed by atoms with Gasteiger partial charge >= 0.3 is 11.9 Å². The predicted molar refractivity (Wildman–Crippen MR) is 166 cm³/mol. The molecule has 0 radical (unpaired) electrons. The molecule has 46 heavy (non-hydrogen) atoms. The van der Waals surface area contributed by atoms with Crippen molar-refractivity contribution in [2.24, 2.45) is 5.16 Å². The number of nitrogens with one attached hydrogen (secondary N) is 2. The third-order valence-electron chi connectivity index (χ3n) is 7.68. The number of H-pyrrole nitrogens is 1. The number of esters is 2. The summed E-state index contributed by atoms with van der Waals surface area (Å²) in [7, 11) is 0. The Morgan fingerprint density at radius 3 is 2.67 bits per heavy atom. The Labute approximate surface area is 266 Å². The van der Waals surface area contributed by atoms with Crippen LogP contribution in [0.15, 0.2) is 52.8 Å². The first-order chi connectivity index (χ1) is 21.8. The van der Waals surface area contributed by atoms with Crippen LogP contribution >= 0.6 is 11.8 Å². The lowest BCUT2D eigenvalue weighted by Crippen LogP contribution is -2.71. The Morgan fingerprint density at radius 1 is 1.17 bits per heavy atom. The maximum atomic E-state index is 13.9. The van der Waals surface area contributed by atoms with Crippen LogP contribution in [0.3, 0.4) is 0 Å². The topological polar surface area (TPSA) is 160 Å². The molecule has 2 amide bonds. The zero-order chi connectivity index (χ0) is 32.9. The molecule has 1 aliphatic carbocycles. The number of ether oxygens (including phenoxy) is 3. The van der Waals surface area contributed by atoms with Crippen LogP contribution in [0, 0.1) is 5.82 Å². The Hall–Kier alpha value is -4.85.